The van der Waals surface area contributed by atoms with Crippen molar-refractivity contribution in [2.75, 3.05) is 0 Å². The van der Waals surface area contributed by atoms with Crippen molar-refractivity contribution in [3.8, 4) is 74.0 Å². The van der Waals surface area contributed by atoms with Crippen LogP contribution in [0, 0.1) is 11.3 Å². The van der Waals surface area contributed by atoms with Crippen LogP contribution >= 0.6 is 0 Å². The number of hydrogen-bond acceptors (Lipinski definition) is 5. The highest BCUT2D eigenvalue weighted by Crippen LogP contribution is 2.50. The Bertz CT molecular complexity index is 2320. The molecule has 0 saturated heterocycles. The molecule has 0 aliphatic carbocycles. The van der Waals surface area contributed by atoms with Crippen molar-refractivity contribution in [3.63, 3.8) is 0 Å². The van der Waals surface area contributed by atoms with Crippen LogP contribution in [-0.4, -0.2) is 15.0 Å². The number of aromatic nitrogens is 3. The summed E-state index contributed by atoms with van der Waals surface area (Å²) in [6.07, 6.45) is 0. The Morgan fingerprint density at radius 2 is 0.917 bits per heavy atom. The summed E-state index contributed by atoms with van der Waals surface area (Å²) in [7, 11) is 0. The van der Waals surface area contributed by atoms with E-state index in [1.165, 1.54) is 0 Å². The normalized spacial score (nSPS) is 12.7. The van der Waals surface area contributed by atoms with Crippen molar-refractivity contribution in [2.45, 2.75) is 19.3 Å². The van der Waals surface area contributed by atoms with Crippen molar-refractivity contribution in [1.82, 2.24) is 15.0 Å². The smallest absolute Gasteiger partial charge is 0.164 e. The van der Waals surface area contributed by atoms with Crippen LogP contribution < -0.4 is 4.74 Å². The maximum Gasteiger partial charge on any atom is 0.164 e. The number of ether oxygens (including phenoxy) is 1. The van der Waals surface area contributed by atoms with E-state index < -0.39 is 0 Å². The first-order valence-electron chi connectivity index (χ1n) is 15.9. The Kier molecular flexibility index (Phi) is 7.12. The molecule has 0 unspecified atom stereocenters. The largest absolute Gasteiger partial charge is 0.457 e. The maximum absolute atomic E-state index is 10.2. The summed E-state index contributed by atoms with van der Waals surface area (Å²) >= 11 is 0. The van der Waals surface area contributed by atoms with E-state index in [2.05, 4.69) is 62.4 Å². The molecule has 0 atom stereocenters. The number of hydrogen-bond donors (Lipinski definition) is 0. The molecule has 0 bridgehead atoms. The quantitative estimate of drug-likeness (QED) is 0.192. The molecule has 0 fully saturated rings. The first-order valence-corrected chi connectivity index (χ1v) is 15.9. The van der Waals surface area contributed by atoms with Crippen LogP contribution in [0.3, 0.4) is 0 Å². The summed E-state index contributed by atoms with van der Waals surface area (Å²) < 4.78 is 6.38. The van der Waals surface area contributed by atoms with Crippen molar-refractivity contribution >= 4 is 0 Å². The second-order valence-electron chi connectivity index (χ2n) is 12.4. The number of nitrogens with zero attached hydrogens (tertiary/aromatic N) is 4. The second-order valence-corrected chi connectivity index (χ2v) is 12.4. The van der Waals surface area contributed by atoms with Gasteiger partial charge in [-0.2, -0.15) is 5.26 Å². The Balaban J connectivity index is 1.17. The summed E-state index contributed by atoms with van der Waals surface area (Å²) in [6.45, 7) is 4.29. The first kappa shape index (κ1) is 29.1. The topological polar surface area (TPSA) is 71.7 Å². The van der Waals surface area contributed by atoms with Gasteiger partial charge in [-0.05, 0) is 40.5 Å². The number of para-hydroxylation sites is 1. The van der Waals surface area contributed by atoms with E-state index >= 15 is 0 Å². The third-order valence-electron chi connectivity index (χ3n) is 9.02. The molecular formula is C43H30N4O. The third kappa shape index (κ3) is 5.20. The van der Waals surface area contributed by atoms with Crippen LogP contribution in [0.2, 0.25) is 0 Å². The van der Waals surface area contributed by atoms with Crippen LogP contribution in [0.5, 0.6) is 11.5 Å². The maximum atomic E-state index is 10.2. The fourth-order valence-corrected chi connectivity index (χ4v) is 6.53. The number of nitriles is 1. The predicted molar refractivity (Wildman–Crippen MR) is 190 cm³/mol. The predicted octanol–water partition coefficient (Wildman–Crippen LogP) is 10.5. The Morgan fingerprint density at radius 3 is 1.48 bits per heavy atom. The highest BCUT2D eigenvalue weighted by atomic mass is 16.5. The van der Waals surface area contributed by atoms with E-state index in [-0.39, 0.29) is 5.41 Å². The van der Waals surface area contributed by atoms with Gasteiger partial charge in [-0.3, -0.25) is 0 Å². The van der Waals surface area contributed by atoms with Gasteiger partial charge in [0.05, 0.1) is 11.6 Å². The van der Waals surface area contributed by atoms with Gasteiger partial charge in [-0.1, -0.05) is 141 Å². The standard InChI is InChI=1S/C43H30N4O/c1-43(2)36-15-9-10-16-37(36)48-38-26-34(25-35(27-44)39(38)43)30-19-23-33(24-20-30)42-46-40(31-13-7-4-8-14-31)45-41(47-42)32-21-17-29(18-22-32)28-11-5-3-6-12-28/h3-26H,1-2H3. The minimum atomic E-state index is -0.369. The van der Waals surface area contributed by atoms with Crippen molar-refractivity contribution < 1.29 is 4.74 Å². The van der Waals surface area contributed by atoms with Gasteiger partial charge in [0.2, 0.25) is 0 Å². The van der Waals surface area contributed by atoms with Crippen molar-refractivity contribution in [2.24, 2.45) is 0 Å². The van der Waals surface area contributed by atoms with E-state index in [0.717, 1.165) is 55.8 Å². The van der Waals surface area contributed by atoms with Gasteiger partial charge in [0.15, 0.2) is 17.5 Å². The van der Waals surface area contributed by atoms with Crippen LogP contribution in [0.1, 0.15) is 30.5 Å². The summed E-state index contributed by atoms with van der Waals surface area (Å²) in [6, 6.07) is 51.2. The fourth-order valence-electron chi connectivity index (χ4n) is 6.53. The molecule has 6 aromatic carbocycles. The molecule has 0 saturated carbocycles. The Morgan fingerprint density at radius 1 is 0.479 bits per heavy atom. The van der Waals surface area contributed by atoms with Gasteiger partial charge in [-0.25, -0.2) is 15.0 Å². The van der Waals surface area contributed by atoms with Gasteiger partial charge in [0.25, 0.3) is 0 Å². The fraction of sp³-hybridized carbons (Fsp3) is 0.0698. The summed E-state index contributed by atoms with van der Waals surface area (Å²) in [5.41, 5.74) is 9.09. The molecule has 5 nitrogen and oxygen atoms in total. The lowest BCUT2D eigenvalue weighted by Gasteiger charge is -2.35. The first-order chi connectivity index (χ1) is 23.5. The van der Waals surface area contributed by atoms with E-state index in [0.29, 0.717) is 28.8 Å². The molecule has 0 radical (unpaired) electrons. The molecule has 0 N–H and O–H groups in total. The molecule has 228 valence electrons. The van der Waals surface area contributed by atoms with Crippen molar-refractivity contribution in [3.05, 3.63) is 162 Å². The molecule has 0 spiro atoms. The molecule has 1 aliphatic rings. The zero-order valence-corrected chi connectivity index (χ0v) is 26.6. The zero-order chi connectivity index (χ0) is 32.7. The minimum Gasteiger partial charge on any atom is -0.457 e. The zero-order valence-electron chi connectivity index (χ0n) is 26.6. The molecular weight excluding hydrogens is 589 g/mol. The van der Waals surface area contributed by atoms with Crippen LogP contribution in [0.15, 0.2) is 146 Å². The van der Waals surface area contributed by atoms with E-state index in [9.17, 15) is 5.26 Å². The lowest BCUT2D eigenvalue weighted by Crippen LogP contribution is -2.25. The van der Waals surface area contributed by atoms with E-state index in [4.69, 9.17) is 19.7 Å². The van der Waals surface area contributed by atoms with Gasteiger partial charge in [-0.15, -0.1) is 0 Å². The van der Waals surface area contributed by atoms with Crippen LogP contribution in [0.4, 0.5) is 0 Å². The lowest BCUT2D eigenvalue weighted by atomic mass is 9.73. The molecule has 7 aromatic rings. The van der Waals surface area contributed by atoms with Crippen LogP contribution in [0.25, 0.3) is 56.4 Å². The van der Waals surface area contributed by atoms with Crippen molar-refractivity contribution in [1.29, 1.82) is 5.26 Å². The minimum absolute atomic E-state index is 0.369. The summed E-state index contributed by atoms with van der Waals surface area (Å²) in [5.74, 6) is 3.34. The second kappa shape index (κ2) is 11.8. The molecule has 1 aromatic heterocycles. The number of rotatable bonds is 5. The van der Waals surface area contributed by atoms with Gasteiger partial charge >= 0.3 is 0 Å². The molecule has 8 rings (SSSR count). The van der Waals surface area contributed by atoms with Gasteiger partial charge < -0.3 is 4.74 Å². The highest BCUT2D eigenvalue weighted by molar-refractivity contribution is 5.75. The van der Waals surface area contributed by atoms with Gasteiger partial charge in [0.1, 0.15) is 11.5 Å². The highest BCUT2D eigenvalue weighted by Gasteiger charge is 2.36. The molecule has 5 heteroatoms. The van der Waals surface area contributed by atoms with E-state index in [1.807, 2.05) is 103 Å². The summed E-state index contributed by atoms with van der Waals surface area (Å²) in [5, 5.41) is 10.2. The molecule has 48 heavy (non-hydrogen) atoms. The number of fused-ring (bicyclic) bond motifs is 2. The SMILES string of the molecule is CC1(C)c2ccccc2Oc2cc(-c3ccc(-c4nc(-c5ccccc5)nc(-c5ccc(-c6ccccc6)cc5)n4)cc3)cc(C#N)c21. The Hall–Kier alpha value is -6.38. The summed E-state index contributed by atoms with van der Waals surface area (Å²) in [4.78, 5) is 14.7. The van der Waals surface area contributed by atoms with Crippen LogP contribution in [-0.2, 0) is 5.41 Å². The van der Waals surface area contributed by atoms with E-state index in [1.54, 1.807) is 0 Å². The molecule has 1 aliphatic heterocycles. The van der Waals surface area contributed by atoms with Gasteiger partial charge in [0, 0.05) is 33.2 Å². The third-order valence-corrected chi connectivity index (χ3v) is 9.02. The average molecular weight is 619 g/mol. The number of benzene rings is 6. The monoisotopic (exact) mass is 618 g/mol. The lowest BCUT2D eigenvalue weighted by molar-refractivity contribution is 0.417. The Labute approximate surface area is 279 Å². The molecule has 0 amide bonds. The average Bonchev–Trinajstić information content (AvgIpc) is 3.15. The molecule has 2 heterocycles.